The highest BCUT2D eigenvalue weighted by Crippen LogP contribution is 2.17. The van der Waals surface area contributed by atoms with Gasteiger partial charge in [-0.05, 0) is 73.2 Å². The number of rotatable bonds is 8. The van der Waals surface area contributed by atoms with Crippen molar-refractivity contribution in [2.24, 2.45) is 0 Å². The lowest BCUT2D eigenvalue weighted by molar-refractivity contribution is 0.102. The maximum atomic E-state index is 12.6. The van der Waals surface area contributed by atoms with Crippen molar-refractivity contribution in [1.29, 1.82) is 0 Å². The molecule has 0 fully saturated rings. The van der Waals surface area contributed by atoms with E-state index < -0.39 is 0 Å². The first-order valence-corrected chi connectivity index (χ1v) is 11.0. The second-order valence-corrected chi connectivity index (χ2v) is 7.73. The zero-order valence-electron chi connectivity index (χ0n) is 18.4. The van der Waals surface area contributed by atoms with Gasteiger partial charge in [0.05, 0.1) is 12.3 Å². The van der Waals surface area contributed by atoms with Crippen molar-refractivity contribution in [3.8, 4) is 17.3 Å². The van der Waals surface area contributed by atoms with E-state index in [2.05, 4.69) is 10.4 Å². The van der Waals surface area contributed by atoms with Gasteiger partial charge in [0.25, 0.3) is 11.5 Å². The number of hydrogen-bond acceptors (Lipinski definition) is 5. The summed E-state index contributed by atoms with van der Waals surface area (Å²) in [6.07, 6.45) is 0. The Hall–Kier alpha value is -4.10. The Bertz CT molecular complexity index is 1320. The molecule has 0 spiro atoms. The van der Waals surface area contributed by atoms with Gasteiger partial charge in [-0.25, -0.2) is 0 Å². The fourth-order valence-electron chi connectivity index (χ4n) is 3.15. The van der Waals surface area contributed by atoms with Crippen LogP contribution < -0.4 is 20.3 Å². The lowest BCUT2D eigenvalue weighted by Gasteiger charge is -2.10. The first-order valence-electron chi connectivity index (χ1n) is 10.6. The topological polar surface area (TPSA) is 82.4 Å². The Morgan fingerprint density at radius 3 is 2.29 bits per heavy atom. The molecule has 1 heterocycles. The molecule has 34 heavy (non-hydrogen) atoms. The zero-order chi connectivity index (χ0) is 23.9. The van der Waals surface area contributed by atoms with Crippen LogP contribution in [0.4, 0.5) is 5.69 Å². The van der Waals surface area contributed by atoms with E-state index in [1.54, 1.807) is 60.7 Å². The Balaban J connectivity index is 1.44. The van der Waals surface area contributed by atoms with Crippen molar-refractivity contribution in [2.75, 3.05) is 11.9 Å². The highest BCUT2D eigenvalue weighted by Gasteiger charge is 2.09. The van der Waals surface area contributed by atoms with E-state index in [4.69, 9.17) is 21.1 Å². The molecule has 0 unspecified atom stereocenters. The molecule has 1 amide bonds. The highest BCUT2D eigenvalue weighted by atomic mass is 35.5. The molecule has 4 rings (SSSR count). The number of aromatic nitrogens is 2. The van der Waals surface area contributed by atoms with Crippen molar-refractivity contribution in [3.05, 3.63) is 111 Å². The molecule has 0 saturated heterocycles. The van der Waals surface area contributed by atoms with E-state index in [1.165, 1.54) is 16.8 Å². The summed E-state index contributed by atoms with van der Waals surface area (Å²) >= 11 is 5.90. The van der Waals surface area contributed by atoms with Crippen LogP contribution in [0, 0.1) is 0 Å². The number of carbonyl (C=O) groups excluding carboxylic acids is 1. The number of anilines is 1. The fraction of sp³-hybridized carbons (Fsp3) is 0.115. The summed E-state index contributed by atoms with van der Waals surface area (Å²) in [5, 5.41) is 7.77. The van der Waals surface area contributed by atoms with Gasteiger partial charge in [-0.15, -0.1) is 5.10 Å². The van der Waals surface area contributed by atoms with E-state index in [0.29, 0.717) is 34.4 Å². The molecule has 0 bridgehead atoms. The smallest absolute Gasteiger partial charge is 0.271 e. The van der Waals surface area contributed by atoms with Gasteiger partial charge in [-0.2, -0.15) is 4.68 Å². The van der Waals surface area contributed by atoms with Crippen molar-refractivity contribution < 1.29 is 14.3 Å². The van der Waals surface area contributed by atoms with E-state index >= 15 is 0 Å². The van der Waals surface area contributed by atoms with Crippen LogP contribution in [0.1, 0.15) is 22.8 Å². The van der Waals surface area contributed by atoms with Crippen LogP contribution in [-0.2, 0) is 6.61 Å². The van der Waals surface area contributed by atoms with Crippen LogP contribution >= 0.6 is 11.6 Å². The van der Waals surface area contributed by atoms with Crippen molar-refractivity contribution in [2.45, 2.75) is 13.5 Å². The molecule has 0 atom stereocenters. The lowest BCUT2D eigenvalue weighted by atomic mass is 10.2. The van der Waals surface area contributed by atoms with Crippen LogP contribution in [0.2, 0.25) is 5.02 Å². The van der Waals surface area contributed by atoms with Gasteiger partial charge in [0, 0.05) is 28.4 Å². The van der Waals surface area contributed by atoms with Gasteiger partial charge in [0.15, 0.2) is 0 Å². The molecule has 172 valence electrons. The Morgan fingerprint density at radius 2 is 1.62 bits per heavy atom. The van der Waals surface area contributed by atoms with E-state index in [-0.39, 0.29) is 18.1 Å². The van der Waals surface area contributed by atoms with Gasteiger partial charge >= 0.3 is 0 Å². The predicted molar refractivity (Wildman–Crippen MR) is 131 cm³/mol. The molecule has 7 nitrogen and oxygen atoms in total. The Labute approximate surface area is 201 Å². The van der Waals surface area contributed by atoms with Crippen LogP contribution in [0.15, 0.2) is 89.7 Å². The van der Waals surface area contributed by atoms with Crippen molar-refractivity contribution in [1.82, 2.24) is 9.78 Å². The lowest BCUT2D eigenvalue weighted by Crippen LogP contribution is -2.20. The monoisotopic (exact) mass is 475 g/mol. The average Bonchev–Trinajstić information content (AvgIpc) is 2.86. The standard InChI is InChI=1S/C26H22ClN3O4/c1-2-33-23-13-9-21(10-14-23)28-26(32)19-5-11-22(12-6-19)30-25(31)16-15-24(29-30)34-17-18-3-7-20(27)8-4-18/h3-16H,2,17H2,1H3,(H,28,32). The van der Waals surface area contributed by atoms with E-state index in [1.807, 2.05) is 19.1 Å². The number of nitrogens with one attached hydrogen (secondary N) is 1. The second-order valence-electron chi connectivity index (χ2n) is 7.30. The quantitative estimate of drug-likeness (QED) is 0.382. The number of carbonyl (C=O) groups is 1. The van der Waals surface area contributed by atoms with Crippen LogP contribution in [-0.4, -0.2) is 22.3 Å². The maximum Gasteiger partial charge on any atom is 0.271 e. The van der Waals surface area contributed by atoms with Gasteiger partial charge in [-0.1, -0.05) is 23.7 Å². The minimum Gasteiger partial charge on any atom is -0.494 e. The van der Waals surface area contributed by atoms with E-state index in [9.17, 15) is 9.59 Å². The minimum absolute atomic E-state index is 0.268. The molecule has 8 heteroatoms. The number of hydrogen-bond donors (Lipinski definition) is 1. The zero-order valence-corrected chi connectivity index (χ0v) is 19.2. The molecular formula is C26H22ClN3O4. The molecule has 0 saturated carbocycles. The van der Waals surface area contributed by atoms with Crippen LogP contribution in [0.25, 0.3) is 5.69 Å². The number of halogens is 1. The fourth-order valence-corrected chi connectivity index (χ4v) is 3.28. The van der Waals surface area contributed by atoms with Gasteiger partial charge in [0.2, 0.25) is 5.88 Å². The number of benzene rings is 3. The van der Waals surface area contributed by atoms with Crippen LogP contribution in [0.3, 0.4) is 0 Å². The molecule has 1 N–H and O–H groups in total. The summed E-state index contributed by atoms with van der Waals surface area (Å²) in [6, 6.07) is 23.9. The average molecular weight is 476 g/mol. The minimum atomic E-state index is -0.314. The predicted octanol–water partition coefficient (Wildman–Crippen LogP) is 5.12. The molecule has 0 aliphatic heterocycles. The molecule has 3 aromatic carbocycles. The Morgan fingerprint density at radius 1 is 0.912 bits per heavy atom. The first-order chi connectivity index (χ1) is 16.5. The summed E-state index contributed by atoms with van der Waals surface area (Å²) in [6.45, 7) is 2.77. The van der Waals surface area contributed by atoms with Crippen LogP contribution in [0.5, 0.6) is 11.6 Å². The molecular weight excluding hydrogens is 454 g/mol. The molecule has 0 aliphatic rings. The van der Waals surface area contributed by atoms with E-state index in [0.717, 1.165) is 11.3 Å². The number of nitrogens with zero attached hydrogens (tertiary/aromatic N) is 2. The third kappa shape index (κ3) is 5.82. The summed E-state index contributed by atoms with van der Waals surface area (Å²) in [5.41, 5.74) is 2.22. The summed E-state index contributed by atoms with van der Waals surface area (Å²) in [5.74, 6) is 0.769. The number of amides is 1. The maximum absolute atomic E-state index is 12.6. The normalized spacial score (nSPS) is 10.5. The SMILES string of the molecule is CCOc1ccc(NC(=O)c2ccc(-n3nc(OCc4ccc(Cl)cc4)ccc3=O)cc2)cc1. The first kappa shape index (κ1) is 23.1. The van der Waals surface area contributed by atoms with Crippen molar-refractivity contribution in [3.63, 3.8) is 0 Å². The summed E-state index contributed by atoms with van der Waals surface area (Å²) < 4.78 is 12.3. The Kier molecular flexibility index (Phi) is 7.25. The van der Waals surface area contributed by atoms with Gasteiger partial charge < -0.3 is 14.8 Å². The molecule has 4 aromatic rings. The molecule has 0 aliphatic carbocycles. The summed E-state index contributed by atoms with van der Waals surface area (Å²) in [4.78, 5) is 24.9. The third-order valence-corrected chi connectivity index (χ3v) is 5.13. The second kappa shape index (κ2) is 10.7. The highest BCUT2D eigenvalue weighted by molar-refractivity contribution is 6.30. The van der Waals surface area contributed by atoms with Crippen molar-refractivity contribution >= 4 is 23.2 Å². The molecule has 0 radical (unpaired) electrons. The van der Waals surface area contributed by atoms with Gasteiger partial charge in [-0.3, -0.25) is 9.59 Å². The molecule has 1 aromatic heterocycles. The summed E-state index contributed by atoms with van der Waals surface area (Å²) in [7, 11) is 0. The third-order valence-electron chi connectivity index (χ3n) is 4.87. The number of ether oxygens (including phenoxy) is 2. The largest absolute Gasteiger partial charge is 0.494 e. The van der Waals surface area contributed by atoms with Gasteiger partial charge in [0.1, 0.15) is 12.4 Å².